The van der Waals surface area contributed by atoms with Crippen molar-refractivity contribution in [2.45, 2.75) is 70.5 Å². The van der Waals surface area contributed by atoms with E-state index in [0.717, 1.165) is 37.5 Å². The highest BCUT2D eigenvalue weighted by Gasteiger charge is 2.28. The van der Waals surface area contributed by atoms with Gasteiger partial charge in [0.2, 0.25) is 21.8 Å². The van der Waals surface area contributed by atoms with Gasteiger partial charge >= 0.3 is 0 Å². The van der Waals surface area contributed by atoms with Crippen molar-refractivity contribution in [3.63, 3.8) is 0 Å². The highest BCUT2D eigenvalue weighted by molar-refractivity contribution is 7.92. The minimum Gasteiger partial charge on any atom is -0.497 e. The van der Waals surface area contributed by atoms with Crippen LogP contribution in [0, 0.1) is 0 Å². The molecule has 0 spiro atoms. The first kappa shape index (κ1) is 30.3. The van der Waals surface area contributed by atoms with E-state index in [1.165, 1.54) is 17.8 Å². The number of ether oxygens (including phenoxy) is 2. The number of nitrogens with one attached hydrogen (secondary N) is 1. The second-order valence-electron chi connectivity index (χ2n) is 10.0. The fourth-order valence-corrected chi connectivity index (χ4v) is 5.85. The molecule has 10 heteroatoms. The van der Waals surface area contributed by atoms with Gasteiger partial charge in [-0.1, -0.05) is 37.5 Å². The minimum atomic E-state index is -3.59. The summed E-state index contributed by atoms with van der Waals surface area (Å²) in [5.74, 6) is 0.816. The Labute approximate surface area is 232 Å². The maximum Gasteiger partial charge on any atom is 0.242 e. The number of anilines is 1. The summed E-state index contributed by atoms with van der Waals surface area (Å²) in [6.07, 6.45) is 6.78. The third-order valence-electron chi connectivity index (χ3n) is 7.10. The summed E-state index contributed by atoms with van der Waals surface area (Å²) in [5, 5.41) is 3.13. The number of rotatable bonds is 13. The van der Waals surface area contributed by atoms with E-state index in [2.05, 4.69) is 5.32 Å². The Kier molecular flexibility index (Phi) is 11.0. The highest BCUT2D eigenvalue weighted by Crippen LogP contribution is 2.24. The molecule has 214 valence electrons. The number of amides is 2. The van der Waals surface area contributed by atoms with Crippen LogP contribution in [0.5, 0.6) is 11.5 Å². The molecule has 3 rings (SSSR count). The molecule has 2 aromatic rings. The van der Waals surface area contributed by atoms with E-state index < -0.39 is 16.1 Å². The lowest BCUT2D eigenvalue weighted by molar-refractivity contribution is -0.141. The van der Waals surface area contributed by atoms with Crippen LogP contribution in [0.3, 0.4) is 0 Å². The van der Waals surface area contributed by atoms with E-state index in [1.54, 1.807) is 43.2 Å². The zero-order valence-electron chi connectivity index (χ0n) is 23.4. The summed E-state index contributed by atoms with van der Waals surface area (Å²) in [4.78, 5) is 28.3. The number of benzene rings is 2. The molecule has 1 N–H and O–H groups in total. The summed E-state index contributed by atoms with van der Waals surface area (Å²) in [6.45, 7) is 2.10. The lowest BCUT2D eigenvalue weighted by Crippen LogP contribution is -2.50. The van der Waals surface area contributed by atoms with Gasteiger partial charge in [-0.3, -0.25) is 13.9 Å². The molecule has 39 heavy (non-hydrogen) atoms. The highest BCUT2D eigenvalue weighted by atomic mass is 32.2. The first-order valence-electron chi connectivity index (χ1n) is 13.5. The first-order chi connectivity index (χ1) is 18.6. The number of methoxy groups -OCH3 is 2. The van der Waals surface area contributed by atoms with Gasteiger partial charge in [-0.25, -0.2) is 8.42 Å². The number of hydrogen-bond acceptors (Lipinski definition) is 6. The predicted molar refractivity (Wildman–Crippen MR) is 152 cm³/mol. The van der Waals surface area contributed by atoms with Gasteiger partial charge in [-0.15, -0.1) is 0 Å². The Morgan fingerprint density at radius 2 is 1.64 bits per heavy atom. The smallest absolute Gasteiger partial charge is 0.242 e. The lowest BCUT2D eigenvalue weighted by Gasteiger charge is -2.31. The quantitative estimate of drug-likeness (QED) is 0.396. The Bertz CT molecular complexity index is 1210. The molecular formula is C29H41N3O6S. The normalized spacial score (nSPS) is 14.8. The molecule has 0 unspecified atom stereocenters. The Morgan fingerprint density at radius 3 is 2.28 bits per heavy atom. The van der Waals surface area contributed by atoms with Crippen LogP contribution in [0.15, 0.2) is 48.5 Å². The third-order valence-corrected chi connectivity index (χ3v) is 8.29. The molecule has 0 aliphatic heterocycles. The van der Waals surface area contributed by atoms with Crippen molar-refractivity contribution in [1.29, 1.82) is 0 Å². The van der Waals surface area contributed by atoms with E-state index in [-0.39, 0.29) is 43.8 Å². The fourth-order valence-electron chi connectivity index (χ4n) is 4.89. The molecule has 1 aliphatic carbocycles. The van der Waals surface area contributed by atoms with Gasteiger partial charge < -0.3 is 19.7 Å². The number of sulfonamides is 1. The summed E-state index contributed by atoms with van der Waals surface area (Å²) in [7, 11) is -0.488. The van der Waals surface area contributed by atoms with Crippen molar-refractivity contribution in [2.75, 3.05) is 31.3 Å². The van der Waals surface area contributed by atoms with Crippen LogP contribution in [0.2, 0.25) is 0 Å². The molecule has 0 saturated heterocycles. The van der Waals surface area contributed by atoms with Crippen molar-refractivity contribution in [2.24, 2.45) is 0 Å². The van der Waals surface area contributed by atoms with Crippen LogP contribution in [0.25, 0.3) is 0 Å². The topological polar surface area (TPSA) is 105 Å². The van der Waals surface area contributed by atoms with Crippen molar-refractivity contribution < 1.29 is 27.5 Å². The monoisotopic (exact) mass is 559 g/mol. The molecule has 9 nitrogen and oxygen atoms in total. The van der Waals surface area contributed by atoms with Crippen LogP contribution in [-0.2, 0) is 26.2 Å². The van der Waals surface area contributed by atoms with Gasteiger partial charge in [-0.05, 0) is 56.0 Å². The average Bonchev–Trinajstić information content (AvgIpc) is 2.93. The van der Waals surface area contributed by atoms with Gasteiger partial charge in [0, 0.05) is 31.6 Å². The SMILES string of the molecule is COc1cccc(CN(C(=O)CCCN(c2cccc(OC)c2)S(C)(=O)=O)[C@@H](C)C(=O)NC2CCCCC2)c1. The van der Waals surface area contributed by atoms with E-state index in [4.69, 9.17) is 9.47 Å². The molecule has 2 amide bonds. The van der Waals surface area contributed by atoms with Gasteiger partial charge in [0.15, 0.2) is 0 Å². The van der Waals surface area contributed by atoms with Crippen molar-refractivity contribution in [3.05, 3.63) is 54.1 Å². The van der Waals surface area contributed by atoms with Crippen LogP contribution in [0.1, 0.15) is 57.4 Å². The molecular weight excluding hydrogens is 518 g/mol. The lowest BCUT2D eigenvalue weighted by atomic mass is 9.95. The molecule has 0 heterocycles. The fraction of sp³-hybridized carbons (Fsp3) is 0.517. The zero-order valence-corrected chi connectivity index (χ0v) is 24.2. The van der Waals surface area contributed by atoms with Crippen LogP contribution >= 0.6 is 0 Å². The van der Waals surface area contributed by atoms with Gasteiger partial charge in [-0.2, -0.15) is 0 Å². The van der Waals surface area contributed by atoms with Crippen molar-refractivity contribution in [3.8, 4) is 11.5 Å². The standard InChI is InChI=1S/C29H41N3O6S/c1-22(29(34)30-24-12-6-5-7-13-24)31(21-23-11-8-15-26(19-23)37-2)28(33)17-10-18-32(39(4,35)36)25-14-9-16-27(20-25)38-3/h8-9,11,14-16,19-20,22,24H,5-7,10,12-13,17-18,21H2,1-4H3,(H,30,34)/t22-/m0/s1. The number of carbonyl (C=O) groups excluding carboxylic acids is 2. The number of hydrogen-bond donors (Lipinski definition) is 1. The largest absolute Gasteiger partial charge is 0.497 e. The molecule has 0 radical (unpaired) electrons. The second-order valence-corrected chi connectivity index (χ2v) is 11.9. The van der Waals surface area contributed by atoms with Crippen LogP contribution < -0.4 is 19.1 Å². The third kappa shape index (κ3) is 8.88. The molecule has 1 aliphatic rings. The Morgan fingerprint density at radius 1 is 1.00 bits per heavy atom. The van der Waals surface area contributed by atoms with Crippen LogP contribution in [-0.4, -0.2) is 64.2 Å². The summed E-state index contributed by atoms with van der Waals surface area (Å²) in [5.41, 5.74) is 1.31. The van der Waals surface area contributed by atoms with Crippen molar-refractivity contribution >= 4 is 27.5 Å². The first-order valence-corrected chi connectivity index (χ1v) is 15.3. The molecule has 1 atom stereocenters. The van der Waals surface area contributed by atoms with E-state index in [0.29, 0.717) is 17.2 Å². The van der Waals surface area contributed by atoms with E-state index in [1.807, 2.05) is 24.3 Å². The molecule has 1 fully saturated rings. The maximum atomic E-state index is 13.5. The summed E-state index contributed by atoms with van der Waals surface area (Å²) in [6, 6.07) is 13.7. The Balaban J connectivity index is 1.74. The van der Waals surface area contributed by atoms with E-state index in [9.17, 15) is 18.0 Å². The maximum absolute atomic E-state index is 13.5. The number of nitrogens with zero attached hydrogens (tertiary/aromatic N) is 2. The molecule has 2 aromatic carbocycles. The number of carbonyl (C=O) groups is 2. The molecule has 1 saturated carbocycles. The average molecular weight is 560 g/mol. The van der Waals surface area contributed by atoms with Crippen molar-refractivity contribution in [1.82, 2.24) is 10.2 Å². The minimum absolute atomic E-state index is 0.0843. The summed E-state index contributed by atoms with van der Waals surface area (Å²) >= 11 is 0. The second kappa shape index (κ2) is 14.2. The molecule has 0 aromatic heterocycles. The predicted octanol–water partition coefficient (Wildman–Crippen LogP) is 4.12. The van der Waals surface area contributed by atoms with Gasteiger partial charge in [0.05, 0.1) is 26.2 Å². The van der Waals surface area contributed by atoms with Gasteiger partial charge in [0.1, 0.15) is 17.5 Å². The van der Waals surface area contributed by atoms with E-state index >= 15 is 0 Å². The summed E-state index contributed by atoms with van der Waals surface area (Å²) < 4.78 is 37.0. The molecule has 0 bridgehead atoms. The zero-order chi connectivity index (χ0) is 28.4. The Hall–Kier alpha value is -3.27. The van der Waals surface area contributed by atoms with Gasteiger partial charge in [0.25, 0.3) is 0 Å². The van der Waals surface area contributed by atoms with Crippen LogP contribution in [0.4, 0.5) is 5.69 Å².